The molecule has 68 valence electrons. The Hall–Kier alpha value is 0.617. The number of rotatable bonds is 6. The van der Waals surface area contributed by atoms with Crippen molar-refractivity contribution in [2.45, 2.75) is 31.6 Å². The van der Waals surface area contributed by atoms with Gasteiger partial charge in [-0.15, -0.1) is 0 Å². The van der Waals surface area contributed by atoms with Crippen LogP contribution in [0, 0.1) is 0 Å². The largest absolute Gasteiger partial charge is 0.397 e. The molecule has 0 saturated heterocycles. The average molecular weight is 241 g/mol. The molecule has 0 N–H and O–H groups in total. The van der Waals surface area contributed by atoms with Gasteiger partial charge in [-0.3, -0.25) is 0 Å². The zero-order chi connectivity index (χ0) is 8.69. The van der Waals surface area contributed by atoms with Gasteiger partial charge in [-0.1, -0.05) is 22.9 Å². The number of halogens is 1. The fourth-order valence-corrected chi connectivity index (χ4v) is 3.38. The third-order valence-corrected chi connectivity index (χ3v) is 4.79. The predicted molar refractivity (Wildman–Crippen MR) is 53.6 cm³/mol. The number of hydrogen-bond acceptors (Lipinski definition) is 2. The molecular formula is C7H17BrO2Si. The first kappa shape index (κ1) is 11.6. The van der Waals surface area contributed by atoms with E-state index in [1.54, 1.807) is 0 Å². The lowest BCUT2D eigenvalue weighted by atomic mass is 10.6. The van der Waals surface area contributed by atoms with Gasteiger partial charge >= 0.3 is 9.28 Å². The van der Waals surface area contributed by atoms with E-state index in [1.807, 2.05) is 13.8 Å². The van der Waals surface area contributed by atoms with Crippen molar-refractivity contribution in [2.24, 2.45) is 0 Å². The summed E-state index contributed by atoms with van der Waals surface area (Å²) in [5.74, 6) is 0. The average Bonchev–Trinajstić information content (AvgIpc) is 1.87. The standard InChI is InChI=1S/C7H17BrO2Si/c1-4-9-11(10-5-2)6-7(3)8/h7,11H,4-6H2,1-3H3. The van der Waals surface area contributed by atoms with Gasteiger partial charge in [-0.25, -0.2) is 0 Å². The first-order valence-electron chi connectivity index (χ1n) is 4.08. The molecule has 4 heteroatoms. The van der Waals surface area contributed by atoms with E-state index in [4.69, 9.17) is 8.85 Å². The molecular weight excluding hydrogens is 224 g/mol. The highest BCUT2D eigenvalue weighted by Gasteiger charge is 2.14. The monoisotopic (exact) mass is 240 g/mol. The minimum Gasteiger partial charge on any atom is -0.397 e. The maximum absolute atomic E-state index is 5.48. The summed E-state index contributed by atoms with van der Waals surface area (Å²) in [6, 6.07) is 1.04. The Bertz CT molecular complexity index is 84.5. The second-order valence-electron chi connectivity index (χ2n) is 2.36. The summed E-state index contributed by atoms with van der Waals surface area (Å²) in [4.78, 5) is 0.511. The van der Waals surface area contributed by atoms with Crippen molar-refractivity contribution in [3.63, 3.8) is 0 Å². The van der Waals surface area contributed by atoms with Crippen LogP contribution in [-0.2, 0) is 8.85 Å². The van der Waals surface area contributed by atoms with Gasteiger partial charge in [-0.05, 0) is 13.8 Å². The van der Waals surface area contributed by atoms with E-state index in [0.717, 1.165) is 19.3 Å². The lowest BCUT2D eigenvalue weighted by molar-refractivity contribution is 0.213. The summed E-state index contributed by atoms with van der Waals surface area (Å²) in [5.41, 5.74) is 0. The van der Waals surface area contributed by atoms with Gasteiger partial charge in [0.1, 0.15) is 0 Å². The molecule has 0 aromatic heterocycles. The van der Waals surface area contributed by atoms with Crippen LogP contribution in [0.4, 0.5) is 0 Å². The van der Waals surface area contributed by atoms with E-state index in [9.17, 15) is 0 Å². The molecule has 1 unspecified atom stereocenters. The molecule has 1 atom stereocenters. The van der Waals surface area contributed by atoms with Crippen LogP contribution in [0.25, 0.3) is 0 Å². The Kier molecular flexibility index (Phi) is 7.68. The van der Waals surface area contributed by atoms with Crippen LogP contribution in [0.15, 0.2) is 0 Å². The van der Waals surface area contributed by atoms with Gasteiger partial charge in [0.15, 0.2) is 0 Å². The van der Waals surface area contributed by atoms with Crippen molar-refractivity contribution in [1.82, 2.24) is 0 Å². The van der Waals surface area contributed by atoms with Gasteiger partial charge in [0, 0.05) is 24.1 Å². The summed E-state index contributed by atoms with van der Waals surface area (Å²) < 4.78 is 11.0. The molecule has 0 bridgehead atoms. The Balaban J connectivity index is 3.50. The smallest absolute Gasteiger partial charge is 0.322 e. The highest BCUT2D eigenvalue weighted by atomic mass is 79.9. The third-order valence-electron chi connectivity index (χ3n) is 1.22. The van der Waals surface area contributed by atoms with Crippen LogP contribution in [0.1, 0.15) is 20.8 Å². The van der Waals surface area contributed by atoms with Gasteiger partial charge in [0.05, 0.1) is 0 Å². The van der Waals surface area contributed by atoms with Crippen molar-refractivity contribution >= 4 is 25.2 Å². The summed E-state index contributed by atoms with van der Waals surface area (Å²) in [7, 11) is -1.34. The molecule has 0 heterocycles. The van der Waals surface area contributed by atoms with Gasteiger partial charge in [0.25, 0.3) is 0 Å². The lowest BCUT2D eigenvalue weighted by Crippen LogP contribution is -2.25. The van der Waals surface area contributed by atoms with E-state index in [0.29, 0.717) is 4.83 Å². The molecule has 0 aromatic rings. The van der Waals surface area contributed by atoms with Crippen LogP contribution in [0.2, 0.25) is 6.04 Å². The van der Waals surface area contributed by atoms with Crippen molar-refractivity contribution in [2.75, 3.05) is 13.2 Å². The van der Waals surface area contributed by atoms with Gasteiger partial charge in [-0.2, -0.15) is 0 Å². The zero-order valence-electron chi connectivity index (χ0n) is 7.47. The Labute approximate surface area is 79.2 Å². The summed E-state index contributed by atoms with van der Waals surface area (Å²) in [6.07, 6.45) is 0. The normalized spacial score (nSPS) is 13.9. The van der Waals surface area contributed by atoms with Crippen LogP contribution in [0.5, 0.6) is 0 Å². The zero-order valence-corrected chi connectivity index (χ0v) is 10.2. The molecule has 0 aliphatic rings. The van der Waals surface area contributed by atoms with E-state index in [1.165, 1.54) is 0 Å². The molecule has 0 aliphatic carbocycles. The molecule has 2 nitrogen and oxygen atoms in total. The third kappa shape index (κ3) is 6.99. The molecule has 0 spiro atoms. The highest BCUT2D eigenvalue weighted by Crippen LogP contribution is 2.09. The second-order valence-corrected chi connectivity index (χ2v) is 5.92. The van der Waals surface area contributed by atoms with Crippen molar-refractivity contribution in [3.05, 3.63) is 0 Å². The fourth-order valence-electron chi connectivity index (χ4n) is 0.821. The van der Waals surface area contributed by atoms with Crippen LogP contribution < -0.4 is 0 Å². The fraction of sp³-hybridized carbons (Fsp3) is 1.00. The van der Waals surface area contributed by atoms with Crippen molar-refractivity contribution in [3.8, 4) is 0 Å². The maximum atomic E-state index is 5.48. The van der Waals surface area contributed by atoms with Crippen molar-refractivity contribution < 1.29 is 8.85 Å². The summed E-state index contributed by atoms with van der Waals surface area (Å²) in [5, 5.41) is 0. The molecule has 11 heavy (non-hydrogen) atoms. The topological polar surface area (TPSA) is 18.5 Å². The lowest BCUT2D eigenvalue weighted by Gasteiger charge is -2.15. The van der Waals surface area contributed by atoms with Crippen LogP contribution in [0.3, 0.4) is 0 Å². The molecule has 0 fully saturated rings. The van der Waals surface area contributed by atoms with Gasteiger partial charge < -0.3 is 8.85 Å². The minimum atomic E-state index is -1.34. The van der Waals surface area contributed by atoms with Crippen LogP contribution >= 0.6 is 15.9 Å². The predicted octanol–water partition coefficient (Wildman–Crippen LogP) is 2.06. The Morgan fingerprint density at radius 3 is 2.00 bits per heavy atom. The molecule has 0 amide bonds. The van der Waals surface area contributed by atoms with E-state index in [-0.39, 0.29) is 0 Å². The van der Waals surface area contributed by atoms with E-state index in [2.05, 4.69) is 22.9 Å². The van der Waals surface area contributed by atoms with E-state index < -0.39 is 9.28 Å². The molecule has 0 aliphatic heterocycles. The van der Waals surface area contributed by atoms with Crippen molar-refractivity contribution in [1.29, 1.82) is 0 Å². The van der Waals surface area contributed by atoms with E-state index >= 15 is 0 Å². The SMILES string of the molecule is CCO[SiH](CC(C)Br)OCC. The second kappa shape index (κ2) is 7.28. The highest BCUT2D eigenvalue weighted by molar-refractivity contribution is 9.09. The minimum absolute atomic E-state index is 0.511. The first-order valence-corrected chi connectivity index (χ1v) is 6.75. The maximum Gasteiger partial charge on any atom is 0.322 e. The van der Waals surface area contributed by atoms with Crippen LogP contribution in [-0.4, -0.2) is 27.3 Å². The summed E-state index contributed by atoms with van der Waals surface area (Å²) in [6.45, 7) is 7.70. The first-order chi connectivity index (χ1) is 5.20. The Morgan fingerprint density at radius 1 is 1.27 bits per heavy atom. The number of hydrogen-bond donors (Lipinski definition) is 0. The quantitative estimate of drug-likeness (QED) is 0.523. The molecule has 0 saturated carbocycles. The van der Waals surface area contributed by atoms with Gasteiger partial charge in [0.2, 0.25) is 0 Å². The molecule has 0 rings (SSSR count). The number of alkyl halides is 1. The Morgan fingerprint density at radius 2 is 1.73 bits per heavy atom. The molecule has 0 radical (unpaired) electrons. The summed E-state index contributed by atoms with van der Waals surface area (Å²) >= 11 is 3.49. The molecule has 0 aromatic carbocycles.